The van der Waals surface area contributed by atoms with Gasteiger partial charge >= 0.3 is 10.8 Å². The third kappa shape index (κ3) is 5.92. The number of aromatic nitrogens is 1. The summed E-state index contributed by atoms with van der Waals surface area (Å²) in [6, 6.07) is 18.1. The highest BCUT2D eigenvalue weighted by Gasteiger charge is 2.57. The number of hydrogen-bond acceptors (Lipinski definition) is 11. The average molecular weight is 690 g/mol. The lowest BCUT2D eigenvalue weighted by atomic mass is 9.83. The van der Waals surface area contributed by atoms with Gasteiger partial charge in [0, 0.05) is 16.5 Å². The van der Waals surface area contributed by atoms with E-state index in [-0.39, 0.29) is 13.2 Å². The monoisotopic (exact) mass is 689 g/mol. The number of hydrogen-bond donors (Lipinski definition) is 1. The van der Waals surface area contributed by atoms with Gasteiger partial charge in [0.25, 0.3) is 0 Å². The summed E-state index contributed by atoms with van der Waals surface area (Å²) in [7, 11) is 4.54. The molecule has 2 aliphatic rings. The van der Waals surface area contributed by atoms with Crippen LogP contribution in [0.3, 0.4) is 0 Å². The number of imide groups is 1. The van der Waals surface area contributed by atoms with Gasteiger partial charge in [0.15, 0.2) is 11.5 Å². The lowest BCUT2D eigenvalue weighted by Gasteiger charge is -2.31. The number of nitrogens with zero attached hydrogens (tertiary/aromatic N) is 2. The zero-order chi connectivity index (χ0) is 34.1. The zero-order valence-corrected chi connectivity index (χ0v) is 28.0. The molecule has 14 heteroatoms. The molecule has 0 radical (unpaired) electrons. The predicted octanol–water partition coefficient (Wildman–Crippen LogP) is 4.55. The number of esters is 1. The van der Waals surface area contributed by atoms with Crippen molar-refractivity contribution in [2.75, 3.05) is 38.2 Å². The molecule has 0 aliphatic carbocycles. The van der Waals surface area contributed by atoms with Gasteiger partial charge in [-0.15, -0.1) is 0 Å². The SMILES string of the molecule is CCOC(=O)c1ccc(NC(=O)Cn2c3c(sc2=O)C(c2ccc(OC)c(OC)c2)C2C(=O)N(c4ccc(OC)cc4)C(=O)C2S3)cc1. The van der Waals surface area contributed by atoms with E-state index >= 15 is 0 Å². The second kappa shape index (κ2) is 13.6. The van der Waals surface area contributed by atoms with E-state index in [1.165, 1.54) is 42.9 Å². The summed E-state index contributed by atoms with van der Waals surface area (Å²) in [6.45, 7) is 1.62. The molecule has 6 rings (SSSR count). The third-order valence-corrected chi connectivity index (χ3v) is 10.7. The molecule has 1 N–H and O–H groups in total. The van der Waals surface area contributed by atoms with Gasteiger partial charge in [0.1, 0.15) is 17.5 Å². The Bertz CT molecular complexity index is 1950. The van der Waals surface area contributed by atoms with E-state index in [0.29, 0.717) is 49.7 Å². The molecule has 3 heterocycles. The molecule has 0 bridgehead atoms. The second-order valence-corrected chi connectivity index (χ2v) is 13.0. The number of carbonyl (C=O) groups excluding carboxylic acids is 4. The fourth-order valence-electron chi connectivity index (χ4n) is 5.89. The molecule has 2 aliphatic heterocycles. The molecular weight excluding hydrogens is 659 g/mol. The normalized spacial score (nSPS) is 18.2. The number of methoxy groups -OCH3 is 3. The largest absolute Gasteiger partial charge is 0.497 e. The molecule has 1 fully saturated rings. The van der Waals surface area contributed by atoms with E-state index in [1.807, 2.05) is 0 Å². The third-order valence-electron chi connectivity index (χ3n) is 8.13. The standard InChI is InChI=1S/C34H31N3O9S2/c1-5-46-33(41)18-6-9-20(10-7-18)35-25(38)17-36-32-29(48-34(36)42)26(19-8-15-23(44-3)24(16-19)45-4)27-28(47-32)31(40)37(30(27)39)21-11-13-22(43-2)14-12-21/h6-16,26-28H,5,17H2,1-4H3,(H,35,38). The molecule has 4 aromatic rings. The number of anilines is 2. The van der Waals surface area contributed by atoms with E-state index in [9.17, 15) is 24.0 Å². The highest BCUT2D eigenvalue weighted by molar-refractivity contribution is 8.00. The van der Waals surface area contributed by atoms with Crippen LogP contribution in [0.5, 0.6) is 17.2 Å². The van der Waals surface area contributed by atoms with Crippen LogP contribution in [0.4, 0.5) is 11.4 Å². The topological polar surface area (TPSA) is 142 Å². The van der Waals surface area contributed by atoms with Crippen molar-refractivity contribution < 1.29 is 38.1 Å². The molecule has 248 valence electrons. The fraction of sp³-hybridized carbons (Fsp3) is 0.265. The smallest absolute Gasteiger partial charge is 0.338 e. The van der Waals surface area contributed by atoms with Gasteiger partial charge < -0.3 is 24.3 Å². The number of nitrogens with one attached hydrogen (secondary N) is 1. The highest BCUT2D eigenvalue weighted by atomic mass is 32.2. The molecule has 1 aromatic heterocycles. The number of fused-ring (bicyclic) bond motifs is 2. The van der Waals surface area contributed by atoms with Crippen molar-refractivity contribution in [2.24, 2.45) is 5.92 Å². The lowest BCUT2D eigenvalue weighted by Crippen LogP contribution is -2.33. The van der Waals surface area contributed by atoms with Crippen molar-refractivity contribution >= 4 is 58.2 Å². The van der Waals surface area contributed by atoms with E-state index in [2.05, 4.69) is 5.32 Å². The van der Waals surface area contributed by atoms with E-state index in [4.69, 9.17) is 18.9 Å². The maximum absolute atomic E-state index is 14.2. The fourth-order valence-corrected chi connectivity index (χ4v) is 8.67. The molecule has 12 nitrogen and oxygen atoms in total. The van der Waals surface area contributed by atoms with Gasteiger partial charge in [-0.05, 0) is 73.2 Å². The molecule has 48 heavy (non-hydrogen) atoms. The zero-order valence-electron chi connectivity index (χ0n) is 26.4. The van der Waals surface area contributed by atoms with Crippen LogP contribution in [-0.2, 0) is 25.7 Å². The number of ether oxygens (including phenoxy) is 4. The average Bonchev–Trinajstić information content (AvgIpc) is 3.54. The van der Waals surface area contributed by atoms with Crippen LogP contribution in [0.2, 0.25) is 0 Å². The highest BCUT2D eigenvalue weighted by Crippen LogP contribution is 2.54. The molecule has 3 aromatic carbocycles. The maximum Gasteiger partial charge on any atom is 0.338 e. The van der Waals surface area contributed by atoms with Gasteiger partial charge in [-0.2, -0.15) is 0 Å². The van der Waals surface area contributed by atoms with Crippen LogP contribution in [-0.4, -0.2) is 61.4 Å². The van der Waals surface area contributed by atoms with Crippen LogP contribution in [0.15, 0.2) is 76.6 Å². The van der Waals surface area contributed by atoms with Gasteiger partial charge in [-0.3, -0.25) is 23.7 Å². The molecule has 0 saturated carbocycles. The van der Waals surface area contributed by atoms with Gasteiger partial charge in [0.05, 0.1) is 50.1 Å². The minimum absolute atomic E-state index is 0.239. The molecule has 0 spiro atoms. The first-order valence-corrected chi connectivity index (χ1v) is 16.6. The van der Waals surface area contributed by atoms with Crippen LogP contribution >= 0.6 is 23.1 Å². The summed E-state index contributed by atoms with van der Waals surface area (Å²) in [5.41, 5.74) is 1.82. The van der Waals surface area contributed by atoms with Crippen molar-refractivity contribution in [1.29, 1.82) is 0 Å². The van der Waals surface area contributed by atoms with E-state index in [1.54, 1.807) is 61.5 Å². The van der Waals surface area contributed by atoms with Crippen molar-refractivity contribution in [3.8, 4) is 17.2 Å². The summed E-state index contributed by atoms with van der Waals surface area (Å²) in [6.07, 6.45) is 0. The number of thiazole rings is 1. The Labute approximate surface area is 283 Å². The summed E-state index contributed by atoms with van der Waals surface area (Å²) in [4.78, 5) is 68.3. The molecule has 1 saturated heterocycles. The lowest BCUT2D eigenvalue weighted by molar-refractivity contribution is -0.122. The number of amides is 3. The summed E-state index contributed by atoms with van der Waals surface area (Å²) >= 11 is 2.06. The van der Waals surface area contributed by atoms with Crippen molar-refractivity contribution in [3.05, 3.63) is 92.4 Å². The Hall–Kier alpha value is -5.08. The van der Waals surface area contributed by atoms with E-state index in [0.717, 1.165) is 23.1 Å². The van der Waals surface area contributed by atoms with E-state index < -0.39 is 45.6 Å². The number of carbonyl (C=O) groups is 4. The van der Waals surface area contributed by atoms with Crippen LogP contribution in [0, 0.1) is 5.92 Å². The molecule has 3 unspecified atom stereocenters. The van der Waals surface area contributed by atoms with Crippen LogP contribution < -0.4 is 29.3 Å². The van der Waals surface area contributed by atoms with Gasteiger partial charge in [-0.1, -0.05) is 29.2 Å². The Morgan fingerprint density at radius 2 is 1.56 bits per heavy atom. The van der Waals surface area contributed by atoms with Crippen molar-refractivity contribution in [3.63, 3.8) is 0 Å². The Morgan fingerprint density at radius 3 is 2.21 bits per heavy atom. The minimum atomic E-state index is -0.871. The summed E-state index contributed by atoms with van der Waals surface area (Å²) in [5.74, 6) is -1.83. The Kier molecular flexibility index (Phi) is 9.29. The molecule has 3 atom stereocenters. The first kappa shape index (κ1) is 32.8. The van der Waals surface area contributed by atoms with Crippen LogP contribution in [0.25, 0.3) is 0 Å². The van der Waals surface area contributed by atoms with Crippen molar-refractivity contribution in [2.45, 2.75) is 29.7 Å². The maximum atomic E-state index is 14.2. The van der Waals surface area contributed by atoms with Crippen molar-refractivity contribution in [1.82, 2.24) is 4.57 Å². The Morgan fingerprint density at radius 1 is 0.854 bits per heavy atom. The quantitative estimate of drug-likeness (QED) is 0.186. The first-order chi connectivity index (χ1) is 23.2. The predicted molar refractivity (Wildman–Crippen MR) is 180 cm³/mol. The molecular formula is C34H31N3O9S2. The summed E-state index contributed by atoms with van der Waals surface area (Å²) in [5, 5.41) is 2.33. The number of rotatable bonds is 10. The first-order valence-electron chi connectivity index (χ1n) is 14.9. The van der Waals surface area contributed by atoms with Crippen LogP contribution in [0.1, 0.15) is 33.6 Å². The number of benzene rings is 3. The van der Waals surface area contributed by atoms with Gasteiger partial charge in [0.2, 0.25) is 17.7 Å². The summed E-state index contributed by atoms with van der Waals surface area (Å²) < 4.78 is 22.6. The molecule has 3 amide bonds. The van der Waals surface area contributed by atoms with Gasteiger partial charge in [-0.25, -0.2) is 9.69 Å². The number of thioether (sulfide) groups is 1. The minimum Gasteiger partial charge on any atom is -0.497 e. The Balaban J connectivity index is 1.36. The second-order valence-electron chi connectivity index (χ2n) is 10.8.